The number of ether oxygens (including phenoxy) is 1. The SMILES string of the molecule is C.CCNC(=O)CC(CC(C)=O)OC. The van der Waals surface area contributed by atoms with Gasteiger partial charge in [0, 0.05) is 20.1 Å². The average molecular weight is 203 g/mol. The lowest BCUT2D eigenvalue weighted by molar-refractivity contribution is -0.125. The van der Waals surface area contributed by atoms with Crippen LogP contribution >= 0.6 is 0 Å². The van der Waals surface area contributed by atoms with Crippen molar-refractivity contribution in [2.24, 2.45) is 0 Å². The van der Waals surface area contributed by atoms with Crippen molar-refractivity contribution in [3.05, 3.63) is 0 Å². The summed E-state index contributed by atoms with van der Waals surface area (Å²) >= 11 is 0. The smallest absolute Gasteiger partial charge is 0.222 e. The molecule has 0 spiro atoms. The van der Waals surface area contributed by atoms with E-state index < -0.39 is 0 Å². The Morgan fingerprint density at radius 3 is 2.29 bits per heavy atom. The molecule has 0 aromatic heterocycles. The molecule has 84 valence electrons. The van der Waals surface area contributed by atoms with Gasteiger partial charge in [-0.2, -0.15) is 0 Å². The molecule has 0 bridgehead atoms. The molecule has 1 N–H and O–H groups in total. The van der Waals surface area contributed by atoms with Crippen molar-refractivity contribution in [1.82, 2.24) is 5.32 Å². The van der Waals surface area contributed by atoms with Gasteiger partial charge in [-0.15, -0.1) is 0 Å². The van der Waals surface area contributed by atoms with Crippen LogP contribution in [0.5, 0.6) is 0 Å². The fourth-order valence-corrected chi connectivity index (χ4v) is 1.04. The van der Waals surface area contributed by atoms with Crippen molar-refractivity contribution in [2.45, 2.75) is 40.2 Å². The van der Waals surface area contributed by atoms with Gasteiger partial charge in [0.05, 0.1) is 12.5 Å². The molecule has 0 aliphatic carbocycles. The standard InChI is InChI=1S/C9H17NO3.CH4/c1-4-10-9(12)6-8(13-3)5-7(2)11;/h8H,4-6H2,1-3H3,(H,10,12);1H4. The number of carbonyl (C=O) groups is 2. The quantitative estimate of drug-likeness (QED) is 0.704. The first kappa shape index (κ1) is 15.6. The summed E-state index contributed by atoms with van der Waals surface area (Å²) < 4.78 is 5.00. The van der Waals surface area contributed by atoms with Gasteiger partial charge in [0.2, 0.25) is 5.91 Å². The Bertz CT molecular complexity index is 180. The van der Waals surface area contributed by atoms with E-state index in [-0.39, 0.29) is 31.6 Å². The zero-order chi connectivity index (χ0) is 10.3. The fraction of sp³-hybridized carbons (Fsp3) is 0.800. The second-order valence-corrected chi connectivity index (χ2v) is 2.92. The topological polar surface area (TPSA) is 55.4 Å². The zero-order valence-electron chi connectivity index (χ0n) is 8.42. The lowest BCUT2D eigenvalue weighted by atomic mass is 10.1. The van der Waals surface area contributed by atoms with Gasteiger partial charge < -0.3 is 10.1 Å². The number of rotatable bonds is 6. The van der Waals surface area contributed by atoms with E-state index in [0.29, 0.717) is 13.0 Å². The van der Waals surface area contributed by atoms with Crippen molar-refractivity contribution < 1.29 is 14.3 Å². The van der Waals surface area contributed by atoms with E-state index in [1.807, 2.05) is 6.92 Å². The van der Waals surface area contributed by atoms with E-state index in [0.717, 1.165) is 0 Å². The van der Waals surface area contributed by atoms with Crippen molar-refractivity contribution in [2.75, 3.05) is 13.7 Å². The van der Waals surface area contributed by atoms with Crippen LogP contribution in [0, 0.1) is 0 Å². The second kappa shape index (κ2) is 8.69. The fourth-order valence-electron chi connectivity index (χ4n) is 1.04. The molecule has 1 unspecified atom stereocenters. The first-order valence-corrected chi connectivity index (χ1v) is 4.39. The van der Waals surface area contributed by atoms with Gasteiger partial charge in [-0.05, 0) is 13.8 Å². The van der Waals surface area contributed by atoms with Gasteiger partial charge in [-0.25, -0.2) is 0 Å². The van der Waals surface area contributed by atoms with Crippen molar-refractivity contribution >= 4 is 11.7 Å². The Labute approximate surface area is 86.0 Å². The van der Waals surface area contributed by atoms with Gasteiger partial charge in [-0.3, -0.25) is 9.59 Å². The van der Waals surface area contributed by atoms with Gasteiger partial charge in [0.1, 0.15) is 5.78 Å². The normalized spacial score (nSPS) is 11.4. The summed E-state index contributed by atoms with van der Waals surface area (Å²) in [6.45, 7) is 3.95. The molecule has 0 saturated heterocycles. The highest BCUT2D eigenvalue weighted by Gasteiger charge is 2.14. The van der Waals surface area contributed by atoms with Crippen LogP contribution in [0.15, 0.2) is 0 Å². The van der Waals surface area contributed by atoms with Gasteiger partial charge in [-0.1, -0.05) is 7.43 Å². The molecule has 0 rings (SSSR count). The molecule has 0 aromatic carbocycles. The molecule has 0 fully saturated rings. The van der Waals surface area contributed by atoms with E-state index in [2.05, 4.69) is 5.32 Å². The van der Waals surface area contributed by atoms with Crippen LogP contribution in [0.2, 0.25) is 0 Å². The Hall–Kier alpha value is -0.900. The molecule has 0 radical (unpaired) electrons. The number of methoxy groups -OCH3 is 1. The molecule has 14 heavy (non-hydrogen) atoms. The van der Waals surface area contributed by atoms with Crippen LogP contribution in [0.25, 0.3) is 0 Å². The molecule has 0 aliphatic rings. The van der Waals surface area contributed by atoms with E-state index in [4.69, 9.17) is 4.74 Å². The Morgan fingerprint density at radius 2 is 1.93 bits per heavy atom. The Balaban J connectivity index is 0. The summed E-state index contributed by atoms with van der Waals surface area (Å²) in [6, 6.07) is 0. The van der Waals surface area contributed by atoms with Crippen LogP contribution in [0.4, 0.5) is 0 Å². The summed E-state index contributed by atoms with van der Waals surface area (Å²) in [6.07, 6.45) is 0.265. The maximum Gasteiger partial charge on any atom is 0.222 e. The summed E-state index contributed by atoms with van der Waals surface area (Å²) in [5.74, 6) is -0.0354. The second-order valence-electron chi connectivity index (χ2n) is 2.92. The highest BCUT2D eigenvalue weighted by atomic mass is 16.5. The third-order valence-corrected chi connectivity index (χ3v) is 1.64. The molecule has 0 heterocycles. The molecule has 1 amide bonds. The summed E-state index contributed by atoms with van der Waals surface area (Å²) in [4.78, 5) is 21.8. The monoisotopic (exact) mass is 203 g/mol. The number of amides is 1. The highest BCUT2D eigenvalue weighted by molar-refractivity contribution is 5.79. The maximum absolute atomic E-state index is 11.1. The van der Waals surface area contributed by atoms with E-state index in [9.17, 15) is 9.59 Å². The first-order valence-electron chi connectivity index (χ1n) is 4.39. The Kier molecular flexibility index (Phi) is 9.66. The third-order valence-electron chi connectivity index (χ3n) is 1.64. The molecule has 4 heteroatoms. The van der Waals surface area contributed by atoms with Crippen molar-refractivity contribution in [3.8, 4) is 0 Å². The largest absolute Gasteiger partial charge is 0.380 e. The van der Waals surface area contributed by atoms with Crippen LogP contribution in [-0.2, 0) is 14.3 Å². The number of Topliss-reactive ketones (excluding diaryl/α,β-unsaturated/α-hetero) is 1. The van der Waals surface area contributed by atoms with E-state index >= 15 is 0 Å². The number of carbonyl (C=O) groups excluding carboxylic acids is 2. The summed E-state index contributed by atoms with van der Waals surface area (Å²) in [5.41, 5.74) is 0. The van der Waals surface area contributed by atoms with E-state index in [1.165, 1.54) is 14.0 Å². The highest BCUT2D eigenvalue weighted by Crippen LogP contribution is 2.03. The van der Waals surface area contributed by atoms with Crippen LogP contribution < -0.4 is 5.32 Å². The molecule has 1 atom stereocenters. The average Bonchev–Trinajstić information content (AvgIpc) is 2.02. The third kappa shape index (κ3) is 7.73. The maximum atomic E-state index is 11.1. The first-order chi connectivity index (χ1) is 6.10. The van der Waals surface area contributed by atoms with Crippen LogP contribution in [0.1, 0.15) is 34.1 Å². The molecular formula is C10H21NO3. The molecule has 4 nitrogen and oxygen atoms in total. The van der Waals surface area contributed by atoms with Crippen LogP contribution in [-0.4, -0.2) is 31.4 Å². The van der Waals surface area contributed by atoms with Crippen LogP contribution in [0.3, 0.4) is 0 Å². The van der Waals surface area contributed by atoms with Gasteiger partial charge >= 0.3 is 0 Å². The number of nitrogens with one attached hydrogen (secondary N) is 1. The minimum atomic E-state index is -0.288. The molecule has 0 saturated carbocycles. The molecule has 0 aromatic rings. The predicted molar refractivity (Wildman–Crippen MR) is 56.1 cm³/mol. The van der Waals surface area contributed by atoms with Crippen molar-refractivity contribution in [1.29, 1.82) is 0 Å². The van der Waals surface area contributed by atoms with Crippen molar-refractivity contribution in [3.63, 3.8) is 0 Å². The molecular weight excluding hydrogens is 182 g/mol. The lowest BCUT2D eigenvalue weighted by Crippen LogP contribution is -2.28. The Morgan fingerprint density at radius 1 is 1.36 bits per heavy atom. The summed E-state index contributed by atoms with van der Waals surface area (Å²) in [5, 5.41) is 2.65. The minimum Gasteiger partial charge on any atom is -0.380 e. The van der Waals surface area contributed by atoms with Gasteiger partial charge in [0.15, 0.2) is 0 Å². The molecule has 0 aliphatic heterocycles. The van der Waals surface area contributed by atoms with Gasteiger partial charge in [0.25, 0.3) is 0 Å². The number of hydrogen-bond donors (Lipinski definition) is 1. The van der Waals surface area contributed by atoms with E-state index in [1.54, 1.807) is 0 Å². The zero-order valence-corrected chi connectivity index (χ0v) is 8.42. The lowest BCUT2D eigenvalue weighted by Gasteiger charge is -2.12. The predicted octanol–water partition coefficient (Wildman–Crippen LogP) is 1.14. The minimum absolute atomic E-state index is 0. The summed E-state index contributed by atoms with van der Waals surface area (Å²) in [7, 11) is 1.51. The number of ketones is 1. The number of hydrogen-bond acceptors (Lipinski definition) is 3.